The topological polar surface area (TPSA) is 12.9 Å². The fraction of sp³-hybridized carbons (Fsp3) is 0. The molecule has 16 heavy (non-hydrogen) atoms. The van der Waals surface area contributed by atoms with Gasteiger partial charge in [0.1, 0.15) is 0 Å². The van der Waals surface area contributed by atoms with Crippen LogP contribution in [-0.2, 0) is 0 Å². The van der Waals surface area contributed by atoms with Crippen molar-refractivity contribution in [3.63, 3.8) is 0 Å². The average molecular weight is 290 g/mol. The van der Waals surface area contributed by atoms with E-state index in [-0.39, 0.29) is 0 Å². The van der Waals surface area contributed by atoms with Crippen LogP contribution in [0.2, 0.25) is 0 Å². The Labute approximate surface area is 106 Å². The summed E-state index contributed by atoms with van der Waals surface area (Å²) >= 11 is 5.32. The number of aromatic nitrogens is 1. The molecule has 3 aromatic rings. The molecule has 0 bridgehead atoms. The number of thiophene rings is 1. The van der Waals surface area contributed by atoms with Crippen molar-refractivity contribution in [1.82, 2.24) is 4.98 Å². The lowest BCUT2D eigenvalue weighted by atomic mass is 10.1. The van der Waals surface area contributed by atoms with Crippen molar-refractivity contribution in [3.8, 4) is 11.3 Å². The van der Waals surface area contributed by atoms with E-state index in [1.54, 1.807) is 11.3 Å². The quantitative estimate of drug-likeness (QED) is 0.631. The molecule has 0 unspecified atom stereocenters. The van der Waals surface area contributed by atoms with Gasteiger partial charge in [-0.2, -0.15) is 0 Å². The Morgan fingerprint density at radius 2 is 1.88 bits per heavy atom. The van der Waals surface area contributed by atoms with Gasteiger partial charge in [0.2, 0.25) is 0 Å². The predicted molar refractivity (Wildman–Crippen MR) is 72.8 cm³/mol. The first kappa shape index (κ1) is 10.00. The van der Waals surface area contributed by atoms with Gasteiger partial charge >= 0.3 is 0 Å². The van der Waals surface area contributed by atoms with Crippen LogP contribution in [0.25, 0.3) is 21.3 Å². The summed E-state index contributed by atoms with van der Waals surface area (Å²) in [5, 5.41) is 3.32. The van der Waals surface area contributed by atoms with Crippen molar-refractivity contribution in [1.29, 1.82) is 0 Å². The number of hydrogen-bond acceptors (Lipinski definition) is 2. The molecule has 0 aliphatic rings. The van der Waals surface area contributed by atoms with Crippen LogP contribution >= 0.6 is 27.3 Å². The van der Waals surface area contributed by atoms with Crippen LogP contribution in [0.4, 0.5) is 0 Å². The molecule has 2 heterocycles. The largest absolute Gasteiger partial charge is 0.255 e. The van der Waals surface area contributed by atoms with E-state index in [1.165, 1.54) is 10.1 Å². The normalized spacial score (nSPS) is 10.8. The number of hydrogen-bond donors (Lipinski definition) is 0. The third-order valence-electron chi connectivity index (χ3n) is 2.49. The Morgan fingerprint density at radius 1 is 1.06 bits per heavy atom. The molecular weight excluding hydrogens is 282 g/mol. The molecule has 0 N–H and O–H groups in total. The average Bonchev–Trinajstić information content (AvgIpc) is 2.73. The molecule has 3 heteroatoms. The molecule has 0 aliphatic heterocycles. The van der Waals surface area contributed by atoms with Crippen molar-refractivity contribution in [2.24, 2.45) is 0 Å². The molecule has 3 rings (SSSR count). The fourth-order valence-corrected chi connectivity index (χ4v) is 3.39. The third kappa shape index (κ3) is 1.56. The molecule has 0 aliphatic carbocycles. The third-order valence-corrected chi connectivity index (χ3v) is 4.36. The second-order valence-electron chi connectivity index (χ2n) is 3.48. The standard InChI is InChI=1S/C13H8BrNS/c14-10-8-16-11-6-7-15-13(12(10)11)9-4-2-1-3-5-9/h1-8H. The summed E-state index contributed by atoms with van der Waals surface area (Å²) in [5.41, 5.74) is 2.21. The van der Waals surface area contributed by atoms with E-state index in [2.05, 4.69) is 44.5 Å². The van der Waals surface area contributed by atoms with Crippen molar-refractivity contribution in [3.05, 3.63) is 52.4 Å². The van der Waals surface area contributed by atoms with E-state index in [0.717, 1.165) is 15.7 Å². The maximum atomic E-state index is 4.49. The summed E-state index contributed by atoms with van der Waals surface area (Å²) in [5.74, 6) is 0. The summed E-state index contributed by atoms with van der Waals surface area (Å²) in [6, 6.07) is 12.3. The van der Waals surface area contributed by atoms with E-state index in [1.807, 2.05) is 24.4 Å². The molecule has 0 amide bonds. The van der Waals surface area contributed by atoms with Crippen LogP contribution in [0, 0.1) is 0 Å². The molecule has 0 spiro atoms. The van der Waals surface area contributed by atoms with Crippen molar-refractivity contribution >= 4 is 37.4 Å². The molecule has 0 fully saturated rings. The first-order chi connectivity index (χ1) is 7.86. The van der Waals surface area contributed by atoms with Crippen molar-refractivity contribution < 1.29 is 0 Å². The number of halogens is 1. The predicted octanol–water partition coefficient (Wildman–Crippen LogP) is 4.73. The smallest absolute Gasteiger partial charge is 0.0800 e. The van der Waals surface area contributed by atoms with Gasteiger partial charge in [-0.3, -0.25) is 4.98 Å². The highest BCUT2D eigenvalue weighted by atomic mass is 79.9. The van der Waals surface area contributed by atoms with E-state index >= 15 is 0 Å². The van der Waals surface area contributed by atoms with Crippen molar-refractivity contribution in [2.75, 3.05) is 0 Å². The minimum Gasteiger partial charge on any atom is -0.255 e. The molecule has 2 aromatic heterocycles. The van der Waals surface area contributed by atoms with Gasteiger partial charge in [-0.25, -0.2) is 0 Å². The Kier molecular flexibility index (Phi) is 2.50. The van der Waals surface area contributed by atoms with Crippen LogP contribution in [-0.4, -0.2) is 4.98 Å². The SMILES string of the molecule is Brc1csc2ccnc(-c3ccccc3)c12. The van der Waals surface area contributed by atoms with Gasteiger partial charge in [0.15, 0.2) is 0 Å². The first-order valence-corrected chi connectivity index (χ1v) is 6.60. The van der Waals surface area contributed by atoms with Gasteiger partial charge in [-0.15, -0.1) is 11.3 Å². The summed E-state index contributed by atoms with van der Waals surface area (Å²) in [7, 11) is 0. The number of benzene rings is 1. The van der Waals surface area contributed by atoms with E-state index in [4.69, 9.17) is 0 Å². The zero-order valence-electron chi connectivity index (χ0n) is 8.35. The first-order valence-electron chi connectivity index (χ1n) is 4.93. The zero-order valence-corrected chi connectivity index (χ0v) is 10.8. The number of rotatable bonds is 1. The van der Waals surface area contributed by atoms with E-state index < -0.39 is 0 Å². The lowest BCUT2D eigenvalue weighted by Crippen LogP contribution is -1.83. The Bertz CT molecular complexity index is 631. The molecule has 1 nitrogen and oxygen atoms in total. The maximum Gasteiger partial charge on any atom is 0.0800 e. The number of fused-ring (bicyclic) bond motifs is 1. The van der Waals surface area contributed by atoms with Crippen LogP contribution in [0.5, 0.6) is 0 Å². The summed E-state index contributed by atoms with van der Waals surface area (Å²) in [6.07, 6.45) is 1.87. The second kappa shape index (κ2) is 4.00. The molecular formula is C13H8BrNS. The molecule has 0 saturated heterocycles. The molecule has 1 aromatic carbocycles. The highest BCUT2D eigenvalue weighted by Crippen LogP contribution is 2.36. The molecule has 78 valence electrons. The summed E-state index contributed by atoms with van der Waals surface area (Å²) in [6.45, 7) is 0. The Morgan fingerprint density at radius 3 is 2.69 bits per heavy atom. The van der Waals surface area contributed by atoms with Crippen LogP contribution in [0.15, 0.2) is 52.4 Å². The van der Waals surface area contributed by atoms with Crippen molar-refractivity contribution in [2.45, 2.75) is 0 Å². The Hall–Kier alpha value is -1.19. The van der Waals surface area contributed by atoms with Crippen LogP contribution in [0.1, 0.15) is 0 Å². The lowest BCUT2D eigenvalue weighted by Gasteiger charge is -2.02. The van der Waals surface area contributed by atoms with E-state index in [0.29, 0.717) is 0 Å². The monoisotopic (exact) mass is 289 g/mol. The zero-order chi connectivity index (χ0) is 11.0. The highest BCUT2D eigenvalue weighted by molar-refractivity contribution is 9.10. The van der Waals surface area contributed by atoms with Crippen LogP contribution in [0.3, 0.4) is 0 Å². The van der Waals surface area contributed by atoms with E-state index in [9.17, 15) is 0 Å². The Balaban J connectivity index is 2.36. The van der Waals surface area contributed by atoms with Gasteiger partial charge in [0, 0.05) is 31.7 Å². The fourth-order valence-electron chi connectivity index (χ4n) is 1.76. The summed E-state index contributed by atoms with van der Waals surface area (Å²) < 4.78 is 2.39. The summed E-state index contributed by atoms with van der Waals surface area (Å²) in [4.78, 5) is 4.49. The molecule has 0 saturated carbocycles. The van der Waals surface area contributed by atoms with Gasteiger partial charge in [0.25, 0.3) is 0 Å². The molecule has 0 radical (unpaired) electrons. The van der Waals surface area contributed by atoms with Gasteiger partial charge in [-0.05, 0) is 22.0 Å². The number of nitrogens with zero attached hydrogens (tertiary/aromatic N) is 1. The number of pyridine rings is 1. The van der Waals surface area contributed by atoms with Crippen LogP contribution < -0.4 is 0 Å². The minimum atomic E-state index is 1.05. The molecule has 0 atom stereocenters. The second-order valence-corrected chi connectivity index (χ2v) is 5.25. The van der Waals surface area contributed by atoms with Gasteiger partial charge in [-0.1, -0.05) is 30.3 Å². The highest BCUT2D eigenvalue weighted by Gasteiger charge is 2.09. The van der Waals surface area contributed by atoms with Gasteiger partial charge in [0.05, 0.1) is 5.69 Å². The maximum absolute atomic E-state index is 4.49. The lowest BCUT2D eigenvalue weighted by molar-refractivity contribution is 1.36. The minimum absolute atomic E-state index is 1.05. The van der Waals surface area contributed by atoms with Gasteiger partial charge < -0.3 is 0 Å².